The van der Waals surface area contributed by atoms with Crippen LogP contribution >= 0.6 is 0 Å². The van der Waals surface area contributed by atoms with Crippen molar-refractivity contribution in [1.29, 1.82) is 5.26 Å². The summed E-state index contributed by atoms with van der Waals surface area (Å²) >= 11 is 0. The van der Waals surface area contributed by atoms with Gasteiger partial charge in [0.1, 0.15) is 11.8 Å². The molecule has 0 saturated carbocycles. The van der Waals surface area contributed by atoms with E-state index in [0.29, 0.717) is 4.57 Å². The van der Waals surface area contributed by atoms with Gasteiger partial charge in [0.15, 0.2) is 6.23 Å². The number of nitrogens with one attached hydrogen (secondary N) is 1. The quantitative estimate of drug-likeness (QED) is 0.600. The highest BCUT2D eigenvalue weighted by atomic mass is 19.4. The molecule has 13 heteroatoms. The molecule has 1 aromatic heterocycles. The van der Waals surface area contributed by atoms with Crippen molar-refractivity contribution in [2.45, 2.75) is 25.1 Å². The van der Waals surface area contributed by atoms with E-state index in [1.807, 2.05) is 0 Å². The third-order valence-electron chi connectivity index (χ3n) is 3.30. The summed E-state index contributed by atoms with van der Waals surface area (Å²) < 4.78 is 81.3. The van der Waals surface area contributed by atoms with Crippen LogP contribution in [0.25, 0.3) is 0 Å². The normalized spacial score (nSPS) is 17.6. The Labute approximate surface area is 134 Å². The van der Waals surface area contributed by atoms with Gasteiger partial charge in [0.25, 0.3) is 5.91 Å². The number of ether oxygens (including phenoxy) is 1. The van der Waals surface area contributed by atoms with E-state index in [0.717, 1.165) is 0 Å². The van der Waals surface area contributed by atoms with Gasteiger partial charge in [-0.1, -0.05) is 0 Å². The van der Waals surface area contributed by atoms with Crippen molar-refractivity contribution in [2.75, 3.05) is 6.54 Å². The number of hydrogen-bond acceptors (Lipinski definition) is 5. The second kappa shape index (κ2) is 5.96. The molecule has 1 aliphatic heterocycles. The molecule has 0 aliphatic carbocycles. The SMILES string of the molecule is N#Cc1c(C(N)=O)c2n(c1C(F)(F)F)CCNC2OC(=O)C(F)(F)F. The maximum atomic E-state index is 13.2. The number of halogens is 6. The van der Waals surface area contributed by atoms with Gasteiger partial charge >= 0.3 is 18.3 Å². The Balaban J connectivity index is 2.68. The molecule has 2 rings (SSSR count). The number of hydrogen-bond donors (Lipinski definition) is 2. The third-order valence-corrected chi connectivity index (χ3v) is 3.30. The van der Waals surface area contributed by atoms with Crippen LogP contribution in [0.3, 0.4) is 0 Å². The van der Waals surface area contributed by atoms with E-state index in [9.17, 15) is 35.9 Å². The maximum Gasteiger partial charge on any atom is 0.490 e. The van der Waals surface area contributed by atoms with E-state index in [2.05, 4.69) is 10.1 Å². The van der Waals surface area contributed by atoms with Crippen LogP contribution in [0.2, 0.25) is 0 Å². The minimum atomic E-state index is -5.41. The molecule has 2 heterocycles. The third kappa shape index (κ3) is 3.25. The molecule has 1 amide bonds. The largest absolute Gasteiger partial charge is 0.490 e. The van der Waals surface area contributed by atoms with Gasteiger partial charge < -0.3 is 15.0 Å². The molecule has 1 aromatic rings. The number of fused-ring (bicyclic) bond motifs is 1. The molecule has 0 saturated heterocycles. The number of nitrogens with zero attached hydrogens (tertiary/aromatic N) is 2. The number of esters is 1. The lowest BCUT2D eigenvalue weighted by atomic mass is 10.1. The molecule has 0 spiro atoms. The Morgan fingerprint density at radius 2 is 1.88 bits per heavy atom. The summed E-state index contributed by atoms with van der Waals surface area (Å²) in [5, 5.41) is 11.2. The number of rotatable bonds is 2. The summed E-state index contributed by atoms with van der Waals surface area (Å²) in [5.41, 5.74) is 0.574. The zero-order chi connectivity index (χ0) is 19.2. The van der Waals surface area contributed by atoms with E-state index in [-0.39, 0.29) is 6.54 Å². The zero-order valence-corrected chi connectivity index (χ0v) is 12.0. The number of carbonyl (C=O) groups excluding carboxylic acids is 2. The summed E-state index contributed by atoms with van der Waals surface area (Å²) in [6, 6.07) is 1.18. The van der Waals surface area contributed by atoms with Crippen molar-refractivity contribution < 1.29 is 40.7 Å². The smallest absolute Gasteiger partial charge is 0.434 e. The van der Waals surface area contributed by atoms with Crippen molar-refractivity contribution in [1.82, 2.24) is 9.88 Å². The monoisotopic (exact) mass is 370 g/mol. The number of aromatic nitrogens is 1. The van der Waals surface area contributed by atoms with Gasteiger partial charge in [-0.25, -0.2) is 4.79 Å². The Hall–Kier alpha value is -2.75. The molecule has 0 aromatic carbocycles. The van der Waals surface area contributed by atoms with E-state index in [1.165, 1.54) is 6.07 Å². The first-order valence-electron chi connectivity index (χ1n) is 6.44. The van der Waals surface area contributed by atoms with Gasteiger partial charge in [0.2, 0.25) is 0 Å². The number of amides is 1. The predicted molar refractivity (Wildman–Crippen MR) is 65.6 cm³/mol. The van der Waals surface area contributed by atoms with Crippen LogP contribution in [0.1, 0.15) is 33.5 Å². The summed E-state index contributed by atoms with van der Waals surface area (Å²) in [4.78, 5) is 22.5. The van der Waals surface area contributed by atoms with E-state index >= 15 is 0 Å². The number of primary amides is 1. The molecule has 1 aliphatic rings. The van der Waals surface area contributed by atoms with Gasteiger partial charge in [0.05, 0.1) is 16.8 Å². The van der Waals surface area contributed by atoms with Crippen LogP contribution < -0.4 is 11.1 Å². The summed E-state index contributed by atoms with van der Waals surface area (Å²) in [7, 11) is 0. The Kier molecular flexibility index (Phi) is 4.43. The van der Waals surface area contributed by atoms with Crippen molar-refractivity contribution in [3.05, 3.63) is 22.5 Å². The molecule has 3 N–H and O–H groups in total. The molecule has 0 bridgehead atoms. The topological polar surface area (TPSA) is 110 Å². The zero-order valence-electron chi connectivity index (χ0n) is 12.0. The first kappa shape index (κ1) is 18.6. The van der Waals surface area contributed by atoms with Crippen molar-refractivity contribution >= 4 is 11.9 Å². The lowest BCUT2D eigenvalue weighted by molar-refractivity contribution is -0.207. The Morgan fingerprint density at radius 3 is 2.32 bits per heavy atom. The number of nitrogens with two attached hydrogens (primary N) is 1. The average Bonchev–Trinajstić information content (AvgIpc) is 2.81. The van der Waals surface area contributed by atoms with Crippen molar-refractivity contribution in [3.63, 3.8) is 0 Å². The summed E-state index contributed by atoms with van der Waals surface area (Å²) in [5.74, 6) is -4.16. The number of nitriles is 1. The molecule has 25 heavy (non-hydrogen) atoms. The molecule has 136 valence electrons. The fraction of sp³-hybridized carbons (Fsp3) is 0.417. The van der Waals surface area contributed by atoms with E-state index in [1.54, 1.807) is 0 Å². The molecular formula is C12H8F6N4O3. The first-order valence-corrected chi connectivity index (χ1v) is 6.44. The van der Waals surface area contributed by atoms with Crippen LogP contribution in [0, 0.1) is 11.3 Å². The highest BCUT2D eigenvalue weighted by Crippen LogP contribution is 2.40. The Bertz CT molecular complexity index is 774. The fourth-order valence-corrected chi connectivity index (χ4v) is 2.47. The van der Waals surface area contributed by atoms with Gasteiger partial charge in [-0.15, -0.1) is 0 Å². The highest BCUT2D eigenvalue weighted by Gasteiger charge is 2.47. The fourth-order valence-electron chi connectivity index (χ4n) is 2.47. The lowest BCUT2D eigenvalue weighted by Gasteiger charge is -2.28. The molecule has 0 fully saturated rings. The molecule has 1 atom stereocenters. The highest BCUT2D eigenvalue weighted by molar-refractivity contribution is 5.97. The summed E-state index contributed by atoms with van der Waals surface area (Å²) in [6.07, 6.45) is -12.5. The average molecular weight is 370 g/mol. The second-order valence-electron chi connectivity index (χ2n) is 4.85. The molecule has 7 nitrogen and oxygen atoms in total. The van der Waals surface area contributed by atoms with Gasteiger partial charge in [-0.3, -0.25) is 10.1 Å². The van der Waals surface area contributed by atoms with E-state index in [4.69, 9.17) is 11.0 Å². The van der Waals surface area contributed by atoms with Crippen LogP contribution in [0.4, 0.5) is 26.3 Å². The van der Waals surface area contributed by atoms with Gasteiger partial charge in [0, 0.05) is 13.1 Å². The molecular weight excluding hydrogens is 362 g/mol. The van der Waals surface area contributed by atoms with Gasteiger partial charge in [-0.05, 0) is 0 Å². The number of carbonyl (C=O) groups is 2. The predicted octanol–water partition coefficient (Wildman–Crippen LogP) is 1.18. The Morgan fingerprint density at radius 1 is 1.28 bits per heavy atom. The maximum absolute atomic E-state index is 13.2. The minimum absolute atomic E-state index is 0.316. The van der Waals surface area contributed by atoms with E-state index < -0.39 is 59.5 Å². The molecule has 1 unspecified atom stereocenters. The summed E-state index contributed by atoms with van der Waals surface area (Å²) in [6.45, 7) is -0.754. The lowest BCUT2D eigenvalue weighted by Crippen LogP contribution is -2.40. The van der Waals surface area contributed by atoms with Crippen LogP contribution in [-0.2, 0) is 22.3 Å². The van der Waals surface area contributed by atoms with Crippen molar-refractivity contribution in [3.8, 4) is 6.07 Å². The van der Waals surface area contributed by atoms with Crippen LogP contribution in [-0.4, -0.2) is 29.2 Å². The minimum Gasteiger partial charge on any atom is -0.434 e. The second-order valence-corrected chi connectivity index (χ2v) is 4.85. The van der Waals surface area contributed by atoms with Gasteiger partial charge in [-0.2, -0.15) is 31.6 Å². The first-order chi connectivity index (χ1) is 11.4. The molecule has 0 radical (unpaired) electrons. The standard InChI is InChI=1S/C12H8F6N4O3/c13-11(14,15)7-4(3-19)5(8(20)23)6-9(21-1-2-22(6)7)25-10(24)12(16,17)18/h9,21H,1-2H2,(H2,20,23). The number of alkyl halides is 6. The van der Waals surface area contributed by atoms with Crippen LogP contribution in [0.15, 0.2) is 0 Å². The van der Waals surface area contributed by atoms with Crippen LogP contribution in [0.5, 0.6) is 0 Å². The van der Waals surface area contributed by atoms with Crippen molar-refractivity contribution in [2.24, 2.45) is 5.73 Å².